The minimum atomic E-state index is -1.40. The smallest absolute Gasteiger partial charge is 0.328 e. The van der Waals surface area contributed by atoms with E-state index in [1.165, 1.54) is 11.8 Å². The van der Waals surface area contributed by atoms with Gasteiger partial charge >= 0.3 is 5.97 Å². The van der Waals surface area contributed by atoms with Crippen LogP contribution < -0.4 is 11.1 Å². The average Bonchev–Trinajstić information content (AvgIpc) is 2.97. The minimum absolute atomic E-state index is 0.291. The lowest BCUT2D eigenvalue weighted by atomic mass is 10.1. The fraction of sp³-hybridized carbons (Fsp3) is 0.786. The Hall–Kier alpha value is -1.32. The van der Waals surface area contributed by atoms with E-state index >= 15 is 0 Å². The molecule has 2 amide bonds. The zero-order valence-corrected chi connectivity index (χ0v) is 14.2. The third kappa shape index (κ3) is 5.36. The van der Waals surface area contributed by atoms with Crippen LogP contribution in [0.2, 0.25) is 0 Å². The zero-order valence-electron chi connectivity index (χ0n) is 13.4. The van der Waals surface area contributed by atoms with Crippen LogP contribution in [0.5, 0.6) is 0 Å². The van der Waals surface area contributed by atoms with E-state index in [0.717, 1.165) is 5.75 Å². The van der Waals surface area contributed by atoms with Crippen molar-refractivity contribution in [2.45, 2.75) is 50.4 Å². The van der Waals surface area contributed by atoms with Crippen LogP contribution in [-0.2, 0) is 14.4 Å². The van der Waals surface area contributed by atoms with Crippen molar-refractivity contribution in [3.8, 4) is 0 Å². The number of aliphatic carboxylic acids is 1. The average molecular weight is 347 g/mol. The van der Waals surface area contributed by atoms with E-state index in [4.69, 9.17) is 10.8 Å². The number of hydrogen-bond donors (Lipinski definition) is 4. The Labute approximate surface area is 139 Å². The second-order valence-corrected chi connectivity index (χ2v) is 6.63. The van der Waals surface area contributed by atoms with E-state index in [1.54, 1.807) is 11.8 Å². The number of aliphatic hydroxyl groups excluding tert-OH is 1. The van der Waals surface area contributed by atoms with Crippen molar-refractivity contribution in [3.63, 3.8) is 0 Å². The first-order chi connectivity index (χ1) is 10.8. The van der Waals surface area contributed by atoms with E-state index < -0.39 is 36.1 Å². The van der Waals surface area contributed by atoms with E-state index in [-0.39, 0.29) is 5.91 Å². The number of rotatable bonds is 8. The van der Waals surface area contributed by atoms with Gasteiger partial charge in [0.1, 0.15) is 6.04 Å². The quantitative estimate of drug-likeness (QED) is 0.443. The summed E-state index contributed by atoms with van der Waals surface area (Å²) in [7, 11) is 0. The number of carbonyl (C=O) groups is 3. The number of nitrogens with one attached hydrogen (secondary N) is 1. The van der Waals surface area contributed by atoms with Crippen molar-refractivity contribution in [1.82, 2.24) is 10.2 Å². The molecule has 1 fully saturated rings. The molecular weight excluding hydrogens is 322 g/mol. The molecule has 132 valence electrons. The summed E-state index contributed by atoms with van der Waals surface area (Å²) in [6, 6.07) is -2.79. The molecule has 4 unspecified atom stereocenters. The molecule has 0 aromatic heterocycles. The van der Waals surface area contributed by atoms with E-state index in [9.17, 15) is 19.5 Å². The van der Waals surface area contributed by atoms with Gasteiger partial charge in [0.15, 0.2) is 6.04 Å². The molecule has 0 radical (unpaired) electrons. The first kappa shape index (κ1) is 19.7. The number of hydrogen-bond acceptors (Lipinski definition) is 6. The van der Waals surface area contributed by atoms with Crippen molar-refractivity contribution in [3.05, 3.63) is 0 Å². The van der Waals surface area contributed by atoms with Crippen LogP contribution in [0, 0.1) is 0 Å². The summed E-state index contributed by atoms with van der Waals surface area (Å²) in [5.74, 6) is -1.43. The molecule has 0 aromatic rings. The molecule has 8 nitrogen and oxygen atoms in total. The van der Waals surface area contributed by atoms with Crippen molar-refractivity contribution in [2.24, 2.45) is 5.73 Å². The van der Waals surface area contributed by atoms with Crippen LogP contribution in [0.15, 0.2) is 0 Å². The van der Waals surface area contributed by atoms with Gasteiger partial charge in [0, 0.05) is 6.54 Å². The van der Waals surface area contributed by atoms with Gasteiger partial charge in [-0.05, 0) is 38.2 Å². The molecule has 1 saturated heterocycles. The molecule has 1 rings (SSSR count). The third-order valence-corrected chi connectivity index (χ3v) is 4.48. The normalized spacial score (nSPS) is 21.6. The second kappa shape index (κ2) is 9.09. The largest absolute Gasteiger partial charge is 0.480 e. The molecule has 4 atom stereocenters. The Balaban J connectivity index is 2.72. The Morgan fingerprint density at radius 1 is 1.43 bits per heavy atom. The number of carboxylic acid groups (broad SMARTS) is 1. The van der Waals surface area contributed by atoms with Gasteiger partial charge in [-0.2, -0.15) is 11.8 Å². The van der Waals surface area contributed by atoms with Crippen LogP contribution in [0.1, 0.15) is 26.2 Å². The van der Waals surface area contributed by atoms with Gasteiger partial charge in [0.05, 0.1) is 12.1 Å². The Kier molecular flexibility index (Phi) is 7.80. The molecule has 0 saturated carbocycles. The highest BCUT2D eigenvalue weighted by atomic mass is 32.2. The van der Waals surface area contributed by atoms with Crippen LogP contribution >= 0.6 is 11.8 Å². The fourth-order valence-corrected chi connectivity index (χ4v) is 3.01. The topological polar surface area (TPSA) is 133 Å². The summed E-state index contributed by atoms with van der Waals surface area (Å²) in [6.07, 6.45) is 2.33. The summed E-state index contributed by atoms with van der Waals surface area (Å²) in [5, 5.41) is 20.8. The molecule has 0 aliphatic carbocycles. The number of nitrogens with zero attached hydrogens (tertiary/aromatic N) is 1. The molecule has 9 heteroatoms. The molecule has 0 bridgehead atoms. The highest BCUT2D eigenvalue weighted by Crippen LogP contribution is 2.19. The van der Waals surface area contributed by atoms with Gasteiger partial charge in [-0.25, -0.2) is 4.79 Å². The van der Waals surface area contributed by atoms with Crippen LogP contribution in [-0.4, -0.2) is 75.7 Å². The number of aliphatic hydroxyl groups is 1. The molecule has 1 heterocycles. The Morgan fingerprint density at radius 3 is 2.61 bits per heavy atom. The van der Waals surface area contributed by atoms with Gasteiger partial charge in [-0.1, -0.05) is 0 Å². The molecule has 1 aliphatic rings. The number of nitrogens with two attached hydrogens (primary N) is 1. The number of thioether (sulfide) groups is 1. The van der Waals surface area contributed by atoms with Gasteiger partial charge < -0.3 is 26.2 Å². The predicted molar refractivity (Wildman–Crippen MR) is 87.0 cm³/mol. The van der Waals surface area contributed by atoms with Gasteiger partial charge in [-0.15, -0.1) is 0 Å². The summed E-state index contributed by atoms with van der Waals surface area (Å²) < 4.78 is 0. The van der Waals surface area contributed by atoms with Crippen LogP contribution in [0.3, 0.4) is 0 Å². The summed E-state index contributed by atoms with van der Waals surface area (Å²) in [5.41, 5.74) is 5.87. The third-order valence-electron chi connectivity index (χ3n) is 3.83. The first-order valence-corrected chi connectivity index (χ1v) is 8.95. The van der Waals surface area contributed by atoms with Crippen LogP contribution in [0.25, 0.3) is 0 Å². The maximum Gasteiger partial charge on any atom is 0.328 e. The lowest BCUT2D eigenvalue weighted by molar-refractivity contribution is -0.146. The molecule has 1 aliphatic heterocycles. The molecule has 0 aromatic carbocycles. The van der Waals surface area contributed by atoms with E-state index in [2.05, 4.69) is 5.32 Å². The number of likely N-dealkylation sites (tertiary alicyclic amines) is 1. The SMILES string of the molecule is CSCCC(N)C(=O)N1CCCC1C(=O)NC(C(=O)O)C(C)O. The fourth-order valence-electron chi connectivity index (χ4n) is 2.52. The second-order valence-electron chi connectivity index (χ2n) is 5.64. The number of carboxylic acids is 1. The highest BCUT2D eigenvalue weighted by molar-refractivity contribution is 7.98. The lowest BCUT2D eigenvalue weighted by Gasteiger charge is -2.28. The number of carbonyl (C=O) groups excluding carboxylic acids is 2. The van der Waals surface area contributed by atoms with Crippen molar-refractivity contribution in [1.29, 1.82) is 0 Å². The van der Waals surface area contributed by atoms with E-state index in [1.807, 2.05) is 6.26 Å². The maximum atomic E-state index is 12.4. The standard InChI is InChI=1S/C14H25N3O5S/c1-8(18)11(14(21)22)16-12(19)10-4-3-6-17(10)13(20)9(15)5-7-23-2/h8-11,18H,3-7,15H2,1-2H3,(H,16,19)(H,21,22). The Bertz CT molecular complexity index is 446. The predicted octanol–water partition coefficient (Wildman–Crippen LogP) is -0.992. The van der Waals surface area contributed by atoms with Crippen LogP contribution in [0.4, 0.5) is 0 Å². The maximum absolute atomic E-state index is 12.4. The lowest BCUT2D eigenvalue weighted by Crippen LogP contribution is -2.56. The van der Waals surface area contributed by atoms with Gasteiger partial charge in [-0.3, -0.25) is 9.59 Å². The molecule has 23 heavy (non-hydrogen) atoms. The van der Waals surface area contributed by atoms with Crippen molar-refractivity contribution < 1.29 is 24.6 Å². The van der Waals surface area contributed by atoms with Gasteiger partial charge in [0.25, 0.3) is 0 Å². The van der Waals surface area contributed by atoms with Gasteiger partial charge in [0.2, 0.25) is 11.8 Å². The Morgan fingerprint density at radius 2 is 2.09 bits per heavy atom. The molecule has 5 N–H and O–H groups in total. The van der Waals surface area contributed by atoms with Crippen molar-refractivity contribution >= 4 is 29.5 Å². The summed E-state index contributed by atoms with van der Waals surface area (Å²) >= 11 is 1.59. The number of amides is 2. The minimum Gasteiger partial charge on any atom is -0.480 e. The highest BCUT2D eigenvalue weighted by Gasteiger charge is 2.38. The van der Waals surface area contributed by atoms with E-state index in [0.29, 0.717) is 25.8 Å². The molecule has 0 spiro atoms. The monoisotopic (exact) mass is 347 g/mol. The van der Waals surface area contributed by atoms with Crippen molar-refractivity contribution in [2.75, 3.05) is 18.6 Å². The summed E-state index contributed by atoms with van der Waals surface area (Å²) in [6.45, 7) is 1.71. The summed E-state index contributed by atoms with van der Waals surface area (Å²) in [4.78, 5) is 37.1. The zero-order chi connectivity index (χ0) is 17.6. The first-order valence-electron chi connectivity index (χ1n) is 7.55. The molecular formula is C14H25N3O5S.